The number of hydrogen-bond donors (Lipinski definition) is 3. The highest BCUT2D eigenvalue weighted by Gasteiger charge is 2.04. The van der Waals surface area contributed by atoms with Crippen LogP contribution in [0.4, 0.5) is 21.9 Å². The summed E-state index contributed by atoms with van der Waals surface area (Å²) in [6.07, 6.45) is 0. The number of benzene rings is 2. The van der Waals surface area contributed by atoms with Gasteiger partial charge in [-0.15, -0.1) is 0 Å². The first kappa shape index (κ1) is 13.5. The summed E-state index contributed by atoms with van der Waals surface area (Å²) in [6.45, 7) is 0. The van der Waals surface area contributed by atoms with E-state index in [-0.39, 0.29) is 6.03 Å². The minimum absolute atomic E-state index is 0.386. The lowest BCUT2D eigenvalue weighted by atomic mass is 10.3. The number of halogens is 2. The van der Waals surface area contributed by atoms with Gasteiger partial charge >= 0.3 is 6.03 Å². The van der Waals surface area contributed by atoms with Gasteiger partial charge in [0, 0.05) is 27.1 Å². The smallest absolute Gasteiger partial charge is 0.323 e. The molecule has 4 N–H and O–H groups in total. The van der Waals surface area contributed by atoms with Gasteiger partial charge in [-0.25, -0.2) is 4.79 Å². The van der Waals surface area contributed by atoms with Gasteiger partial charge in [-0.1, -0.05) is 23.2 Å². The van der Waals surface area contributed by atoms with E-state index in [1.807, 2.05) is 0 Å². The first-order valence-electron chi connectivity index (χ1n) is 5.42. The predicted octanol–water partition coefficient (Wildman–Crippen LogP) is 4.22. The zero-order chi connectivity index (χ0) is 13.8. The summed E-state index contributed by atoms with van der Waals surface area (Å²) >= 11 is 11.7. The minimum Gasteiger partial charge on any atom is -0.399 e. The number of amides is 2. The summed E-state index contributed by atoms with van der Waals surface area (Å²) in [7, 11) is 0. The molecule has 6 heteroatoms. The van der Waals surface area contributed by atoms with Crippen LogP contribution in [-0.2, 0) is 0 Å². The van der Waals surface area contributed by atoms with E-state index >= 15 is 0 Å². The van der Waals surface area contributed by atoms with E-state index < -0.39 is 0 Å². The van der Waals surface area contributed by atoms with Crippen LogP contribution in [0.25, 0.3) is 0 Å². The van der Waals surface area contributed by atoms with E-state index in [0.29, 0.717) is 27.1 Å². The molecule has 0 heterocycles. The van der Waals surface area contributed by atoms with Gasteiger partial charge in [0.1, 0.15) is 0 Å². The summed E-state index contributed by atoms with van der Waals surface area (Å²) in [6, 6.07) is 11.2. The summed E-state index contributed by atoms with van der Waals surface area (Å²) in [5.41, 5.74) is 7.35. The lowest BCUT2D eigenvalue weighted by Crippen LogP contribution is -2.19. The van der Waals surface area contributed by atoms with Crippen molar-refractivity contribution in [1.29, 1.82) is 0 Å². The van der Waals surface area contributed by atoms with Crippen molar-refractivity contribution in [3.8, 4) is 0 Å². The monoisotopic (exact) mass is 295 g/mol. The third-order valence-electron chi connectivity index (χ3n) is 2.29. The van der Waals surface area contributed by atoms with Crippen molar-refractivity contribution in [3.63, 3.8) is 0 Å². The van der Waals surface area contributed by atoms with Crippen molar-refractivity contribution >= 4 is 46.3 Å². The average Bonchev–Trinajstić information content (AvgIpc) is 2.30. The standard InChI is InChI=1S/C13H11Cl2N3O/c14-8-5-9(15)7-12(6-8)18-13(19)17-11-3-1-10(16)2-4-11/h1-7H,16H2,(H2,17,18,19). The van der Waals surface area contributed by atoms with Crippen LogP contribution >= 0.6 is 23.2 Å². The Labute approximate surface area is 120 Å². The molecule has 0 aromatic heterocycles. The molecule has 0 spiro atoms. The van der Waals surface area contributed by atoms with Crippen molar-refractivity contribution in [2.45, 2.75) is 0 Å². The predicted molar refractivity (Wildman–Crippen MR) is 80.0 cm³/mol. The van der Waals surface area contributed by atoms with Gasteiger partial charge in [-0.05, 0) is 42.5 Å². The highest BCUT2D eigenvalue weighted by atomic mass is 35.5. The summed E-state index contributed by atoms with van der Waals surface area (Å²) in [5, 5.41) is 6.21. The van der Waals surface area contributed by atoms with Crippen molar-refractivity contribution in [1.82, 2.24) is 0 Å². The maximum absolute atomic E-state index is 11.7. The molecule has 98 valence electrons. The summed E-state index contributed by atoms with van der Waals surface area (Å²) in [4.78, 5) is 11.7. The molecule has 0 radical (unpaired) electrons. The molecule has 2 rings (SSSR count). The fourth-order valence-corrected chi connectivity index (χ4v) is 2.01. The molecule has 2 aromatic carbocycles. The first-order valence-corrected chi connectivity index (χ1v) is 6.18. The molecule has 2 aromatic rings. The third-order valence-corrected chi connectivity index (χ3v) is 2.73. The van der Waals surface area contributed by atoms with E-state index in [0.717, 1.165) is 0 Å². The average molecular weight is 296 g/mol. The molecule has 19 heavy (non-hydrogen) atoms. The van der Waals surface area contributed by atoms with E-state index in [1.165, 1.54) is 0 Å². The van der Waals surface area contributed by atoms with Crippen LogP contribution in [0.3, 0.4) is 0 Å². The van der Waals surface area contributed by atoms with Gasteiger partial charge in [-0.3, -0.25) is 0 Å². The van der Waals surface area contributed by atoms with Gasteiger partial charge < -0.3 is 16.4 Å². The normalized spacial score (nSPS) is 10.0. The fraction of sp³-hybridized carbons (Fsp3) is 0. The second-order valence-electron chi connectivity index (χ2n) is 3.86. The number of carbonyl (C=O) groups is 1. The van der Waals surface area contributed by atoms with Gasteiger partial charge in [0.2, 0.25) is 0 Å². The Balaban J connectivity index is 2.03. The van der Waals surface area contributed by atoms with E-state index in [2.05, 4.69) is 10.6 Å². The van der Waals surface area contributed by atoms with E-state index in [4.69, 9.17) is 28.9 Å². The SMILES string of the molecule is Nc1ccc(NC(=O)Nc2cc(Cl)cc(Cl)c2)cc1. The molecule has 0 atom stereocenters. The number of anilines is 3. The molecule has 0 aliphatic heterocycles. The molecular formula is C13H11Cl2N3O. The van der Waals surface area contributed by atoms with Gasteiger partial charge in [0.15, 0.2) is 0 Å². The first-order chi connectivity index (χ1) is 9.02. The lowest BCUT2D eigenvalue weighted by molar-refractivity contribution is 0.262. The summed E-state index contributed by atoms with van der Waals surface area (Å²) in [5.74, 6) is 0. The molecule has 0 aliphatic rings. The van der Waals surface area contributed by atoms with Crippen LogP contribution < -0.4 is 16.4 Å². The lowest BCUT2D eigenvalue weighted by Gasteiger charge is -2.08. The molecule has 2 amide bonds. The van der Waals surface area contributed by atoms with Crippen molar-refractivity contribution in [2.75, 3.05) is 16.4 Å². The van der Waals surface area contributed by atoms with E-state index in [9.17, 15) is 4.79 Å². The number of urea groups is 1. The molecule has 0 fully saturated rings. The van der Waals surface area contributed by atoms with Crippen molar-refractivity contribution < 1.29 is 4.79 Å². The maximum atomic E-state index is 11.7. The van der Waals surface area contributed by atoms with Crippen molar-refractivity contribution in [3.05, 3.63) is 52.5 Å². The van der Waals surface area contributed by atoms with Crippen LogP contribution in [0, 0.1) is 0 Å². The molecular weight excluding hydrogens is 285 g/mol. The molecule has 0 saturated heterocycles. The Morgan fingerprint density at radius 2 is 1.42 bits per heavy atom. The van der Waals surface area contributed by atoms with Crippen LogP contribution in [0.2, 0.25) is 10.0 Å². The Morgan fingerprint density at radius 3 is 2.00 bits per heavy atom. The summed E-state index contributed by atoms with van der Waals surface area (Å²) < 4.78 is 0. The molecule has 0 unspecified atom stereocenters. The molecule has 0 saturated carbocycles. The highest BCUT2D eigenvalue weighted by molar-refractivity contribution is 6.35. The van der Waals surface area contributed by atoms with Gasteiger partial charge in [-0.2, -0.15) is 0 Å². The van der Waals surface area contributed by atoms with Crippen LogP contribution in [0.1, 0.15) is 0 Å². The Bertz CT molecular complexity index is 579. The fourth-order valence-electron chi connectivity index (χ4n) is 1.49. The molecule has 0 aliphatic carbocycles. The Kier molecular flexibility index (Phi) is 4.14. The topological polar surface area (TPSA) is 67.1 Å². The van der Waals surface area contributed by atoms with Crippen LogP contribution in [0.5, 0.6) is 0 Å². The third kappa shape index (κ3) is 4.05. The number of nitrogen functional groups attached to an aromatic ring is 1. The van der Waals surface area contributed by atoms with Crippen LogP contribution in [-0.4, -0.2) is 6.03 Å². The number of nitrogens with two attached hydrogens (primary N) is 1. The zero-order valence-electron chi connectivity index (χ0n) is 9.78. The Morgan fingerprint density at radius 1 is 0.895 bits per heavy atom. The number of nitrogens with one attached hydrogen (secondary N) is 2. The van der Waals surface area contributed by atoms with Gasteiger partial charge in [0.25, 0.3) is 0 Å². The second kappa shape index (κ2) is 5.82. The molecule has 4 nitrogen and oxygen atoms in total. The number of hydrogen-bond acceptors (Lipinski definition) is 2. The largest absolute Gasteiger partial charge is 0.399 e. The van der Waals surface area contributed by atoms with Crippen molar-refractivity contribution in [2.24, 2.45) is 0 Å². The zero-order valence-corrected chi connectivity index (χ0v) is 11.3. The number of carbonyl (C=O) groups excluding carboxylic acids is 1. The van der Waals surface area contributed by atoms with E-state index in [1.54, 1.807) is 42.5 Å². The second-order valence-corrected chi connectivity index (χ2v) is 4.73. The minimum atomic E-state index is -0.386. The Hall–Kier alpha value is -1.91. The van der Waals surface area contributed by atoms with Gasteiger partial charge in [0.05, 0.1) is 0 Å². The quantitative estimate of drug-likeness (QED) is 0.726. The number of rotatable bonds is 2. The maximum Gasteiger partial charge on any atom is 0.323 e. The molecule has 0 bridgehead atoms. The highest BCUT2D eigenvalue weighted by Crippen LogP contribution is 2.22. The van der Waals surface area contributed by atoms with Crippen LogP contribution in [0.15, 0.2) is 42.5 Å².